The molecule has 2 aromatic carbocycles. The Morgan fingerprint density at radius 2 is 1.57 bits per heavy atom. The molecule has 0 spiro atoms. The van der Waals surface area contributed by atoms with E-state index in [-0.39, 0.29) is 11.5 Å². The van der Waals surface area contributed by atoms with Crippen LogP contribution in [-0.4, -0.2) is 21.9 Å². The monoisotopic (exact) mass is 282 g/mol. The van der Waals surface area contributed by atoms with Crippen molar-refractivity contribution < 1.29 is 14.7 Å². The highest BCUT2D eigenvalue weighted by atomic mass is 16.4. The van der Waals surface area contributed by atoms with E-state index in [1.165, 1.54) is 0 Å². The first kappa shape index (κ1) is 13.2. The third-order valence-corrected chi connectivity index (χ3v) is 3.62. The lowest BCUT2D eigenvalue weighted by Gasteiger charge is -2.15. The Bertz CT molecular complexity index is 723. The highest BCUT2D eigenvalue weighted by molar-refractivity contribution is 5.95. The number of rotatable bonds is 2. The minimum absolute atomic E-state index is 0.0805. The molecule has 5 nitrogen and oxygen atoms in total. The van der Waals surface area contributed by atoms with E-state index in [1.54, 1.807) is 47.4 Å². The number of carboxylic acids is 1. The average Bonchev–Trinajstić information content (AvgIpc) is 2.90. The van der Waals surface area contributed by atoms with Gasteiger partial charge in [-0.05, 0) is 47.5 Å². The SMILES string of the molecule is Nc1ccc(C(=O)N2Cc3ccc(C(=O)O)cc3C2)cc1. The number of benzene rings is 2. The summed E-state index contributed by atoms with van der Waals surface area (Å²) in [5.41, 5.74) is 8.93. The quantitative estimate of drug-likeness (QED) is 0.826. The van der Waals surface area contributed by atoms with Gasteiger partial charge in [0.1, 0.15) is 0 Å². The first-order valence-corrected chi connectivity index (χ1v) is 6.54. The predicted molar refractivity (Wildman–Crippen MR) is 77.8 cm³/mol. The molecule has 0 saturated heterocycles. The molecule has 0 unspecified atom stereocenters. The summed E-state index contributed by atoms with van der Waals surface area (Å²) in [5, 5.41) is 9.00. The van der Waals surface area contributed by atoms with Crippen LogP contribution in [0, 0.1) is 0 Å². The lowest BCUT2D eigenvalue weighted by molar-refractivity contribution is 0.0696. The van der Waals surface area contributed by atoms with Gasteiger partial charge in [-0.15, -0.1) is 0 Å². The standard InChI is InChI=1S/C16H14N2O3/c17-14-5-3-10(4-6-14)15(19)18-8-12-2-1-11(16(20)21)7-13(12)9-18/h1-7H,8-9,17H2,(H,20,21). The smallest absolute Gasteiger partial charge is 0.335 e. The van der Waals surface area contributed by atoms with Crippen LogP contribution in [0.5, 0.6) is 0 Å². The summed E-state index contributed by atoms with van der Waals surface area (Å²) >= 11 is 0. The topological polar surface area (TPSA) is 83.6 Å². The maximum atomic E-state index is 12.4. The number of hydrogen-bond acceptors (Lipinski definition) is 3. The number of fused-ring (bicyclic) bond motifs is 1. The summed E-state index contributed by atoms with van der Waals surface area (Å²) in [6.45, 7) is 0.929. The Balaban J connectivity index is 1.82. The number of carboxylic acid groups (broad SMARTS) is 1. The summed E-state index contributed by atoms with van der Waals surface area (Å²) in [4.78, 5) is 25.1. The molecule has 0 aliphatic carbocycles. The van der Waals surface area contributed by atoms with Crippen molar-refractivity contribution in [1.82, 2.24) is 4.90 Å². The Morgan fingerprint density at radius 3 is 2.24 bits per heavy atom. The number of amides is 1. The third kappa shape index (κ3) is 2.45. The van der Waals surface area contributed by atoms with Crippen molar-refractivity contribution in [3.63, 3.8) is 0 Å². The first-order chi connectivity index (χ1) is 10.0. The van der Waals surface area contributed by atoms with E-state index in [4.69, 9.17) is 10.8 Å². The van der Waals surface area contributed by atoms with E-state index in [9.17, 15) is 9.59 Å². The molecule has 21 heavy (non-hydrogen) atoms. The fraction of sp³-hybridized carbons (Fsp3) is 0.125. The molecule has 0 atom stereocenters. The zero-order valence-electron chi connectivity index (χ0n) is 11.2. The van der Waals surface area contributed by atoms with Gasteiger partial charge < -0.3 is 15.7 Å². The zero-order valence-corrected chi connectivity index (χ0v) is 11.2. The second kappa shape index (κ2) is 4.94. The molecule has 1 amide bonds. The maximum absolute atomic E-state index is 12.4. The van der Waals surface area contributed by atoms with Crippen molar-refractivity contribution >= 4 is 17.6 Å². The van der Waals surface area contributed by atoms with Gasteiger partial charge >= 0.3 is 5.97 Å². The fourth-order valence-corrected chi connectivity index (χ4v) is 2.48. The number of nitrogens with zero attached hydrogens (tertiary/aromatic N) is 1. The number of anilines is 1. The third-order valence-electron chi connectivity index (χ3n) is 3.62. The fourth-order valence-electron chi connectivity index (χ4n) is 2.48. The number of hydrogen-bond donors (Lipinski definition) is 2. The Kier molecular flexibility index (Phi) is 3.10. The summed E-state index contributed by atoms with van der Waals surface area (Å²) in [7, 11) is 0. The van der Waals surface area contributed by atoms with Gasteiger partial charge in [0, 0.05) is 24.3 Å². The minimum Gasteiger partial charge on any atom is -0.478 e. The Hall–Kier alpha value is -2.82. The first-order valence-electron chi connectivity index (χ1n) is 6.54. The molecular formula is C16H14N2O3. The molecule has 0 aromatic heterocycles. The number of carbonyl (C=O) groups excluding carboxylic acids is 1. The number of nitrogens with two attached hydrogens (primary N) is 1. The molecular weight excluding hydrogens is 268 g/mol. The number of aromatic carboxylic acids is 1. The van der Waals surface area contributed by atoms with Crippen molar-refractivity contribution in [3.05, 3.63) is 64.7 Å². The van der Waals surface area contributed by atoms with Gasteiger partial charge in [-0.1, -0.05) is 6.07 Å². The highest BCUT2D eigenvalue weighted by Crippen LogP contribution is 2.25. The lowest BCUT2D eigenvalue weighted by Crippen LogP contribution is -2.25. The van der Waals surface area contributed by atoms with E-state index in [2.05, 4.69) is 0 Å². The molecule has 1 aliphatic heterocycles. The van der Waals surface area contributed by atoms with Gasteiger partial charge in [0.2, 0.25) is 0 Å². The van der Waals surface area contributed by atoms with Crippen LogP contribution in [0.3, 0.4) is 0 Å². The summed E-state index contributed by atoms with van der Waals surface area (Å²) in [5.74, 6) is -1.04. The molecule has 0 radical (unpaired) electrons. The van der Waals surface area contributed by atoms with Crippen LogP contribution in [0.15, 0.2) is 42.5 Å². The Labute approximate surface area is 121 Å². The molecule has 5 heteroatoms. The van der Waals surface area contributed by atoms with Crippen molar-refractivity contribution in [3.8, 4) is 0 Å². The van der Waals surface area contributed by atoms with E-state index < -0.39 is 5.97 Å². The van der Waals surface area contributed by atoms with Crippen molar-refractivity contribution in [2.45, 2.75) is 13.1 Å². The van der Waals surface area contributed by atoms with Gasteiger partial charge in [-0.2, -0.15) is 0 Å². The second-order valence-corrected chi connectivity index (χ2v) is 5.07. The average molecular weight is 282 g/mol. The zero-order chi connectivity index (χ0) is 15.0. The molecule has 2 aromatic rings. The van der Waals surface area contributed by atoms with Crippen LogP contribution in [0.1, 0.15) is 31.8 Å². The van der Waals surface area contributed by atoms with Gasteiger partial charge in [0.05, 0.1) is 5.56 Å². The normalized spacial score (nSPS) is 13.0. The van der Waals surface area contributed by atoms with Gasteiger partial charge in [0.15, 0.2) is 0 Å². The molecule has 3 N–H and O–H groups in total. The largest absolute Gasteiger partial charge is 0.478 e. The van der Waals surface area contributed by atoms with E-state index in [1.807, 2.05) is 0 Å². The maximum Gasteiger partial charge on any atom is 0.335 e. The van der Waals surface area contributed by atoms with Crippen LogP contribution in [-0.2, 0) is 13.1 Å². The number of nitrogen functional groups attached to an aromatic ring is 1. The van der Waals surface area contributed by atoms with E-state index in [0.717, 1.165) is 11.1 Å². The lowest BCUT2D eigenvalue weighted by atomic mass is 10.1. The van der Waals surface area contributed by atoms with Gasteiger partial charge in [-0.3, -0.25) is 4.79 Å². The van der Waals surface area contributed by atoms with Crippen LogP contribution >= 0.6 is 0 Å². The molecule has 0 bridgehead atoms. The Morgan fingerprint density at radius 1 is 0.952 bits per heavy atom. The minimum atomic E-state index is -0.957. The molecule has 106 valence electrons. The van der Waals surface area contributed by atoms with E-state index >= 15 is 0 Å². The van der Waals surface area contributed by atoms with Crippen LogP contribution in [0.4, 0.5) is 5.69 Å². The van der Waals surface area contributed by atoms with Gasteiger partial charge in [0.25, 0.3) is 5.91 Å². The van der Waals surface area contributed by atoms with E-state index in [0.29, 0.717) is 24.3 Å². The van der Waals surface area contributed by atoms with Crippen molar-refractivity contribution in [2.24, 2.45) is 0 Å². The highest BCUT2D eigenvalue weighted by Gasteiger charge is 2.25. The summed E-state index contributed by atoms with van der Waals surface area (Å²) < 4.78 is 0. The van der Waals surface area contributed by atoms with Crippen LogP contribution in [0.2, 0.25) is 0 Å². The molecule has 1 heterocycles. The molecule has 3 rings (SSSR count). The van der Waals surface area contributed by atoms with Crippen molar-refractivity contribution in [2.75, 3.05) is 5.73 Å². The van der Waals surface area contributed by atoms with Gasteiger partial charge in [-0.25, -0.2) is 4.79 Å². The molecule has 0 fully saturated rings. The molecule has 0 saturated carbocycles. The number of carbonyl (C=O) groups is 2. The summed E-state index contributed by atoms with van der Waals surface area (Å²) in [6.07, 6.45) is 0. The molecule has 1 aliphatic rings. The van der Waals surface area contributed by atoms with Crippen molar-refractivity contribution in [1.29, 1.82) is 0 Å². The summed E-state index contributed by atoms with van der Waals surface area (Å²) in [6, 6.07) is 11.8. The van der Waals surface area contributed by atoms with Crippen LogP contribution in [0.25, 0.3) is 0 Å². The second-order valence-electron chi connectivity index (χ2n) is 5.07. The van der Waals surface area contributed by atoms with Crippen LogP contribution < -0.4 is 5.73 Å². The predicted octanol–water partition coefficient (Wildman–Crippen LogP) is 2.12.